The van der Waals surface area contributed by atoms with E-state index in [4.69, 9.17) is 22.4 Å². The lowest BCUT2D eigenvalue weighted by Gasteiger charge is -2.25. The fourth-order valence-corrected chi connectivity index (χ4v) is 3.87. The Morgan fingerprint density at radius 3 is 2.00 bits per heavy atom. The largest absolute Gasteiger partial charge is 0.325 e. The lowest BCUT2D eigenvalue weighted by Crippen LogP contribution is -2.25. The quantitative estimate of drug-likeness (QED) is 0.670. The summed E-state index contributed by atoms with van der Waals surface area (Å²) >= 11 is 10.6. The van der Waals surface area contributed by atoms with Crippen LogP contribution in [0.2, 0.25) is 0 Å². The molecule has 1 N–H and O–H groups in total. The number of hydrogen-bond donors (Lipinski definition) is 1. The molecule has 0 aromatic heterocycles. The zero-order chi connectivity index (χ0) is 9.52. The van der Waals surface area contributed by atoms with Gasteiger partial charge in [-0.05, 0) is 61.2 Å². The van der Waals surface area contributed by atoms with Gasteiger partial charge >= 0.3 is 0 Å². The van der Waals surface area contributed by atoms with Gasteiger partial charge in [0.1, 0.15) is 0 Å². The average Bonchev–Trinajstić information content (AvgIpc) is 1.97. The van der Waals surface area contributed by atoms with Crippen LogP contribution in [0.3, 0.4) is 0 Å². The fraction of sp³-hybridized carbons (Fsp3) is 0.500. The van der Waals surface area contributed by atoms with Gasteiger partial charge in [-0.1, -0.05) is 0 Å². The van der Waals surface area contributed by atoms with E-state index in [1.807, 2.05) is 13.8 Å². The maximum Gasteiger partial charge on any atom is 0.0219 e. The molecule has 0 aromatic carbocycles. The molecule has 1 aliphatic rings. The Hall–Kier alpha value is 0.0700. The van der Waals surface area contributed by atoms with Crippen molar-refractivity contribution in [3.63, 3.8) is 0 Å². The Morgan fingerprint density at radius 2 is 1.50 bits per heavy atom. The molecule has 0 fully saturated rings. The molecule has 68 valence electrons. The van der Waals surface area contributed by atoms with Crippen molar-refractivity contribution in [1.82, 2.24) is 4.72 Å². The lowest BCUT2D eigenvalue weighted by molar-refractivity contribution is 1.09. The minimum Gasteiger partial charge on any atom is -0.325 e. The van der Waals surface area contributed by atoms with Crippen LogP contribution < -0.4 is 4.72 Å². The summed E-state index contributed by atoms with van der Waals surface area (Å²) in [4.78, 5) is 1.16. The van der Waals surface area contributed by atoms with Crippen molar-refractivity contribution >= 4 is 29.7 Å². The van der Waals surface area contributed by atoms with Crippen LogP contribution in [-0.4, -0.2) is 0 Å². The molecule has 4 heteroatoms. The van der Waals surface area contributed by atoms with Gasteiger partial charge in [0.15, 0.2) is 0 Å². The van der Waals surface area contributed by atoms with Crippen LogP contribution in [0.25, 0.3) is 0 Å². The van der Waals surface area contributed by atoms with E-state index in [0.717, 1.165) is 10.6 Å². The molecule has 0 aliphatic carbocycles. The molecule has 0 unspecified atom stereocenters. The van der Waals surface area contributed by atoms with Crippen molar-refractivity contribution in [3.8, 4) is 0 Å². The molecule has 0 radical (unpaired) electrons. The predicted molar refractivity (Wildman–Crippen MR) is 62.0 cm³/mol. The van der Waals surface area contributed by atoms with E-state index >= 15 is 0 Å². The molecule has 1 heterocycles. The lowest BCUT2D eigenvalue weighted by atomic mass is 10.1. The summed E-state index contributed by atoms with van der Waals surface area (Å²) in [6, 6.07) is 0. The van der Waals surface area contributed by atoms with E-state index in [1.54, 1.807) is 0 Å². The van der Waals surface area contributed by atoms with Crippen LogP contribution >= 0.6 is 0 Å². The third-order valence-corrected chi connectivity index (χ3v) is 6.03. The van der Waals surface area contributed by atoms with Gasteiger partial charge in [0.25, 0.3) is 0 Å². The van der Waals surface area contributed by atoms with Gasteiger partial charge in [-0.25, -0.2) is 0 Å². The van der Waals surface area contributed by atoms with Gasteiger partial charge in [0.2, 0.25) is 0 Å². The molecule has 0 bridgehead atoms. The maximum atomic E-state index is 5.32. The first-order valence-corrected chi connectivity index (χ1v) is 7.22. The van der Waals surface area contributed by atoms with Gasteiger partial charge in [0.05, 0.1) is 0 Å². The topological polar surface area (TPSA) is 12.0 Å². The van der Waals surface area contributed by atoms with E-state index in [2.05, 4.69) is 18.6 Å². The SMILES string of the molecule is CC1=C(C)C(C)=C(C)S(=S)(=S)N1. The standard InChI is InChI=1S/C8H13NS3/c1-5-6(2)8(4)12(10,11)9-7(5)3/h9H,1-4H3. The Balaban J connectivity index is 3.40. The third kappa shape index (κ3) is 1.56. The molecular formula is C8H13NS3. The summed E-state index contributed by atoms with van der Waals surface area (Å²) in [5.74, 6) is 0. The third-order valence-electron chi connectivity index (χ3n) is 2.34. The van der Waals surface area contributed by atoms with Gasteiger partial charge in [-0.3, -0.25) is 0 Å². The molecule has 0 spiro atoms. The highest BCUT2D eigenvalue weighted by molar-refractivity contribution is 8.57. The van der Waals surface area contributed by atoms with Gasteiger partial charge in [-0.15, -0.1) is 0 Å². The normalized spacial score (nSPS) is 22.7. The Kier molecular flexibility index (Phi) is 2.61. The Bertz CT molecular complexity index is 371. The second-order valence-corrected chi connectivity index (χ2v) is 8.49. The fourth-order valence-electron chi connectivity index (χ4n) is 1.10. The first-order valence-electron chi connectivity index (χ1n) is 3.74. The molecule has 1 rings (SSSR count). The van der Waals surface area contributed by atoms with Gasteiger partial charge < -0.3 is 4.72 Å². The summed E-state index contributed by atoms with van der Waals surface area (Å²) in [6.07, 6.45) is 0. The minimum atomic E-state index is -1.55. The van der Waals surface area contributed by atoms with Crippen LogP contribution in [0.4, 0.5) is 0 Å². The van der Waals surface area contributed by atoms with Crippen LogP contribution in [0.5, 0.6) is 0 Å². The van der Waals surface area contributed by atoms with E-state index in [0.29, 0.717) is 0 Å². The Labute approximate surface area is 83.9 Å². The smallest absolute Gasteiger partial charge is 0.0219 e. The van der Waals surface area contributed by atoms with Crippen molar-refractivity contribution in [2.24, 2.45) is 0 Å². The molecule has 12 heavy (non-hydrogen) atoms. The van der Waals surface area contributed by atoms with Crippen LogP contribution in [-0.2, 0) is 29.7 Å². The Morgan fingerprint density at radius 1 is 1.00 bits per heavy atom. The number of allylic oxidation sites excluding steroid dienone is 4. The van der Waals surface area contributed by atoms with Crippen LogP contribution in [0.1, 0.15) is 27.7 Å². The summed E-state index contributed by atoms with van der Waals surface area (Å²) in [6.45, 7) is 8.26. The van der Waals surface area contributed by atoms with Gasteiger partial charge in [-0.2, -0.15) is 0 Å². The maximum absolute atomic E-state index is 5.32. The number of hydrogen-bond acceptors (Lipinski definition) is 2. The van der Waals surface area contributed by atoms with E-state index in [9.17, 15) is 0 Å². The zero-order valence-electron chi connectivity index (χ0n) is 7.72. The highest BCUT2D eigenvalue weighted by Crippen LogP contribution is 2.25. The average molecular weight is 219 g/mol. The van der Waals surface area contributed by atoms with Gasteiger partial charge in [0, 0.05) is 17.9 Å². The second kappa shape index (κ2) is 3.09. The first-order chi connectivity index (χ1) is 5.36. The highest BCUT2D eigenvalue weighted by atomic mass is 33.1. The zero-order valence-corrected chi connectivity index (χ0v) is 10.2. The van der Waals surface area contributed by atoms with Crippen molar-refractivity contribution < 1.29 is 0 Å². The van der Waals surface area contributed by atoms with E-state index < -0.39 is 7.33 Å². The molecule has 0 amide bonds. The first kappa shape index (κ1) is 10.2. The summed E-state index contributed by atoms with van der Waals surface area (Å²) < 4.78 is 3.22. The van der Waals surface area contributed by atoms with E-state index in [1.165, 1.54) is 11.1 Å². The molecule has 1 nitrogen and oxygen atoms in total. The van der Waals surface area contributed by atoms with Crippen LogP contribution in [0, 0.1) is 0 Å². The molecule has 1 aliphatic heterocycles. The summed E-state index contributed by atoms with van der Waals surface area (Å²) in [5, 5.41) is 0. The summed E-state index contributed by atoms with van der Waals surface area (Å²) in [7, 11) is -1.55. The molecule has 0 saturated heterocycles. The van der Waals surface area contributed by atoms with E-state index in [-0.39, 0.29) is 0 Å². The monoisotopic (exact) mass is 219 g/mol. The molecule has 0 aromatic rings. The molecule has 0 saturated carbocycles. The predicted octanol–water partition coefficient (Wildman–Crippen LogP) is 2.17. The van der Waals surface area contributed by atoms with Crippen molar-refractivity contribution in [3.05, 3.63) is 21.7 Å². The minimum absolute atomic E-state index is 1.14. The van der Waals surface area contributed by atoms with Crippen LogP contribution in [0.15, 0.2) is 21.7 Å². The molecular weight excluding hydrogens is 206 g/mol. The van der Waals surface area contributed by atoms with Crippen molar-refractivity contribution in [1.29, 1.82) is 0 Å². The van der Waals surface area contributed by atoms with Crippen molar-refractivity contribution in [2.45, 2.75) is 27.7 Å². The number of rotatable bonds is 0. The second-order valence-electron chi connectivity index (χ2n) is 3.04. The molecule has 0 atom stereocenters. The highest BCUT2D eigenvalue weighted by Gasteiger charge is 2.16. The number of nitrogens with one attached hydrogen (secondary N) is 1. The van der Waals surface area contributed by atoms with Crippen molar-refractivity contribution in [2.75, 3.05) is 0 Å². The summed E-state index contributed by atoms with van der Waals surface area (Å²) in [5.41, 5.74) is 3.69.